The molecule has 1 amide bonds. The molecule has 170 valence electrons. The van der Waals surface area contributed by atoms with Crippen molar-refractivity contribution in [2.75, 3.05) is 57.3 Å². The number of carbonyl (C=O) groups excluding carboxylic acids is 1. The molecule has 8 heteroatoms. The van der Waals surface area contributed by atoms with E-state index in [1.807, 2.05) is 11.1 Å². The topological polar surface area (TPSA) is 73.3 Å². The van der Waals surface area contributed by atoms with Gasteiger partial charge in [0.25, 0.3) is 5.91 Å². The molecule has 4 heterocycles. The molecule has 3 fully saturated rings. The second kappa shape index (κ2) is 10.8. The number of piperidine rings is 1. The number of aliphatic imine (C=N–C) groups is 1. The van der Waals surface area contributed by atoms with Crippen molar-refractivity contribution in [2.45, 2.75) is 51.7 Å². The number of amides is 1. The van der Waals surface area contributed by atoms with Gasteiger partial charge in [0.2, 0.25) is 0 Å². The van der Waals surface area contributed by atoms with Crippen molar-refractivity contribution < 1.29 is 9.53 Å². The minimum Gasteiger partial charge on any atom is -0.368 e. The Kier molecular flexibility index (Phi) is 7.61. The van der Waals surface area contributed by atoms with Crippen LogP contribution < -0.4 is 10.2 Å². The summed E-state index contributed by atoms with van der Waals surface area (Å²) >= 11 is 0. The molecule has 0 bridgehead atoms. The molecule has 1 aromatic rings. The minimum absolute atomic E-state index is 0.154. The number of ether oxygens (including phenoxy) is 1. The van der Waals surface area contributed by atoms with Crippen molar-refractivity contribution in [2.24, 2.45) is 4.99 Å². The summed E-state index contributed by atoms with van der Waals surface area (Å²) in [5, 5.41) is 3.42. The van der Waals surface area contributed by atoms with Crippen LogP contribution in [0, 0.1) is 0 Å². The molecule has 3 aliphatic rings. The molecule has 0 radical (unpaired) electrons. The summed E-state index contributed by atoms with van der Waals surface area (Å²) in [6.45, 7) is 9.46. The molecule has 31 heavy (non-hydrogen) atoms. The zero-order valence-electron chi connectivity index (χ0n) is 18.8. The maximum atomic E-state index is 12.6. The van der Waals surface area contributed by atoms with E-state index < -0.39 is 0 Å². The predicted octanol–water partition coefficient (Wildman–Crippen LogP) is 1.86. The first-order valence-corrected chi connectivity index (χ1v) is 11.9. The van der Waals surface area contributed by atoms with E-state index >= 15 is 0 Å². The quantitative estimate of drug-likeness (QED) is 0.570. The van der Waals surface area contributed by atoms with Crippen LogP contribution in [0.2, 0.25) is 0 Å². The Bertz CT molecular complexity index is 750. The van der Waals surface area contributed by atoms with Gasteiger partial charge in [0.1, 0.15) is 11.9 Å². The fourth-order valence-electron chi connectivity index (χ4n) is 4.56. The zero-order valence-corrected chi connectivity index (χ0v) is 18.8. The third kappa shape index (κ3) is 5.67. The van der Waals surface area contributed by atoms with Gasteiger partial charge in [-0.05, 0) is 56.7 Å². The lowest BCUT2D eigenvalue weighted by molar-refractivity contribution is -0.142. The number of guanidine groups is 1. The molecule has 1 N–H and O–H groups in total. The molecule has 1 aromatic heterocycles. The zero-order chi connectivity index (χ0) is 21.5. The van der Waals surface area contributed by atoms with Gasteiger partial charge in [-0.1, -0.05) is 0 Å². The van der Waals surface area contributed by atoms with Crippen LogP contribution in [-0.2, 0) is 16.1 Å². The van der Waals surface area contributed by atoms with Gasteiger partial charge >= 0.3 is 0 Å². The van der Waals surface area contributed by atoms with E-state index in [0.29, 0.717) is 13.2 Å². The number of piperazine rings is 1. The Labute approximate surface area is 185 Å². The Morgan fingerprint density at radius 2 is 1.90 bits per heavy atom. The fraction of sp³-hybridized carbons (Fsp3) is 0.696. The van der Waals surface area contributed by atoms with Gasteiger partial charge in [0.05, 0.1) is 6.54 Å². The number of nitrogens with zero attached hydrogens (tertiary/aromatic N) is 5. The molecule has 3 saturated heterocycles. The molecule has 3 aliphatic heterocycles. The lowest BCUT2D eigenvalue weighted by Gasteiger charge is -2.37. The van der Waals surface area contributed by atoms with Crippen LogP contribution in [0.4, 0.5) is 5.82 Å². The first kappa shape index (κ1) is 21.9. The Morgan fingerprint density at radius 3 is 2.61 bits per heavy atom. The van der Waals surface area contributed by atoms with E-state index in [-0.39, 0.29) is 12.0 Å². The van der Waals surface area contributed by atoms with Gasteiger partial charge in [-0.2, -0.15) is 0 Å². The summed E-state index contributed by atoms with van der Waals surface area (Å²) in [5.74, 6) is 2.14. The van der Waals surface area contributed by atoms with E-state index in [1.165, 1.54) is 24.8 Å². The third-order valence-electron chi connectivity index (χ3n) is 6.33. The van der Waals surface area contributed by atoms with Crippen LogP contribution in [0.25, 0.3) is 0 Å². The molecule has 8 nitrogen and oxygen atoms in total. The van der Waals surface area contributed by atoms with Gasteiger partial charge in [-0.15, -0.1) is 0 Å². The number of pyridine rings is 1. The lowest BCUT2D eigenvalue weighted by atomic mass is 10.1. The van der Waals surface area contributed by atoms with E-state index in [0.717, 1.165) is 70.4 Å². The van der Waals surface area contributed by atoms with Gasteiger partial charge in [0, 0.05) is 58.6 Å². The number of hydrogen-bond donors (Lipinski definition) is 1. The molecule has 1 unspecified atom stereocenters. The number of carbonyl (C=O) groups is 1. The summed E-state index contributed by atoms with van der Waals surface area (Å²) < 4.78 is 5.57. The van der Waals surface area contributed by atoms with Gasteiger partial charge < -0.3 is 24.8 Å². The summed E-state index contributed by atoms with van der Waals surface area (Å²) in [6.07, 6.45) is 7.33. The van der Waals surface area contributed by atoms with Crippen LogP contribution >= 0.6 is 0 Å². The average molecular weight is 429 g/mol. The maximum absolute atomic E-state index is 12.6. The van der Waals surface area contributed by atoms with Crippen LogP contribution in [-0.4, -0.2) is 85.2 Å². The average Bonchev–Trinajstić information content (AvgIpc) is 3.37. The maximum Gasteiger partial charge on any atom is 0.251 e. The smallest absolute Gasteiger partial charge is 0.251 e. The number of hydrogen-bond acceptors (Lipinski definition) is 5. The molecular formula is C23H36N6O2. The summed E-state index contributed by atoms with van der Waals surface area (Å²) in [4.78, 5) is 28.7. The second-order valence-electron chi connectivity index (χ2n) is 8.55. The van der Waals surface area contributed by atoms with Crippen LogP contribution in [0.5, 0.6) is 0 Å². The molecule has 4 rings (SSSR count). The first-order valence-electron chi connectivity index (χ1n) is 11.9. The second-order valence-corrected chi connectivity index (χ2v) is 8.55. The highest BCUT2D eigenvalue weighted by molar-refractivity contribution is 5.82. The summed E-state index contributed by atoms with van der Waals surface area (Å²) in [5.41, 5.74) is 1.18. The number of rotatable bonds is 5. The number of aromatic nitrogens is 1. The molecule has 1 atom stereocenters. The molecule has 0 spiro atoms. The Balaban J connectivity index is 1.35. The Hall–Kier alpha value is -2.35. The Morgan fingerprint density at radius 1 is 1.13 bits per heavy atom. The minimum atomic E-state index is -0.228. The largest absolute Gasteiger partial charge is 0.368 e. The van der Waals surface area contributed by atoms with Crippen molar-refractivity contribution in [1.82, 2.24) is 20.1 Å². The molecule has 0 aromatic carbocycles. The summed E-state index contributed by atoms with van der Waals surface area (Å²) in [6, 6.07) is 4.23. The van der Waals surface area contributed by atoms with Crippen molar-refractivity contribution in [3.05, 3.63) is 23.9 Å². The predicted molar refractivity (Wildman–Crippen MR) is 122 cm³/mol. The highest BCUT2D eigenvalue weighted by Crippen LogP contribution is 2.19. The molecular weight excluding hydrogens is 392 g/mol. The van der Waals surface area contributed by atoms with Crippen LogP contribution in [0.15, 0.2) is 23.3 Å². The number of anilines is 1. The van der Waals surface area contributed by atoms with Gasteiger partial charge in [-0.3, -0.25) is 4.79 Å². The van der Waals surface area contributed by atoms with Crippen molar-refractivity contribution in [3.63, 3.8) is 0 Å². The van der Waals surface area contributed by atoms with E-state index in [1.54, 1.807) is 0 Å². The standard InChI is InChI=1S/C23H36N6O2/c1-2-24-23(29-14-12-28(13-15-29)22(30)20-7-6-16-31-20)26-18-19-8-9-25-21(17-19)27-10-4-3-5-11-27/h8-9,17,20H,2-7,10-16,18H2,1H3,(H,24,26). The molecule has 0 aliphatic carbocycles. The lowest BCUT2D eigenvalue weighted by Crippen LogP contribution is -2.55. The van der Waals surface area contributed by atoms with Crippen molar-refractivity contribution >= 4 is 17.7 Å². The summed E-state index contributed by atoms with van der Waals surface area (Å²) in [7, 11) is 0. The third-order valence-corrected chi connectivity index (χ3v) is 6.33. The van der Waals surface area contributed by atoms with Crippen molar-refractivity contribution in [3.8, 4) is 0 Å². The van der Waals surface area contributed by atoms with E-state index in [9.17, 15) is 4.79 Å². The van der Waals surface area contributed by atoms with Gasteiger partial charge in [-0.25, -0.2) is 9.98 Å². The monoisotopic (exact) mass is 428 g/mol. The van der Waals surface area contributed by atoms with E-state index in [2.05, 4.69) is 39.2 Å². The van der Waals surface area contributed by atoms with Crippen LogP contribution in [0.3, 0.4) is 0 Å². The van der Waals surface area contributed by atoms with Crippen molar-refractivity contribution in [1.29, 1.82) is 0 Å². The highest BCUT2D eigenvalue weighted by atomic mass is 16.5. The van der Waals surface area contributed by atoms with Crippen LogP contribution in [0.1, 0.15) is 44.6 Å². The SMILES string of the molecule is CCNC(=NCc1ccnc(N2CCCCC2)c1)N1CCN(C(=O)C2CCCO2)CC1. The van der Waals surface area contributed by atoms with Gasteiger partial charge in [0.15, 0.2) is 5.96 Å². The first-order chi connectivity index (χ1) is 15.2. The highest BCUT2D eigenvalue weighted by Gasteiger charge is 2.30. The fourth-order valence-corrected chi connectivity index (χ4v) is 4.56. The van der Waals surface area contributed by atoms with E-state index in [4.69, 9.17) is 9.73 Å². The normalized spacial score (nSPS) is 22.7. The number of nitrogens with one attached hydrogen (secondary N) is 1. The molecule has 0 saturated carbocycles.